The lowest BCUT2D eigenvalue weighted by molar-refractivity contribution is 0.0586. The lowest BCUT2D eigenvalue weighted by Gasteiger charge is -2.07. The first-order valence-electron chi connectivity index (χ1n) is 5.46. The Hall–Kier alpha value is -1.69. The molecule has 0 amide bonds. The largest absolute Gasteiger partial charge is 0.463 e. The van der Waals surface area contributed by atoms with Gasteiger partial charge in [-0.15, -0.1) is 0 Å². The van der Waals surface area contributed by atoms with Crippen molar-refractivity contribution in [3.05, 3.63) is 17.6 Å². The number of carbonyl (C=O) groups excluding carboxylic acids is 1. The Morgan fingerprint density at radius 1 is 1.47 bits per heavy atom. The van der Waals surface area contributed by atoms with E-state index in [0.717, 1.165) is 12.8 Å². The summed E-state index contributed by atoms with van der Waals surface area (Å²) < 4.78 is 4.56. The highest BCUT2D eigenvalue weighted by Crippen LogP contribution is 2.07. The molecule has 17 heavy (non-hydrogen) atoms. The Morgan fingerprint density at radius 2 is 2.24 bits per heavy atom. The summed E-state index contributed by atoms with van der Waals surface area (Å²) in [5, 5.41) is 11.7. The molecule has 0 aromatic carbocycles. The van der Waals surface area contributed by atoms with Crippen LogP contribution in [0.3, 0.4) is 0 Å². The molecule has 0 saturated heterocycles. The number of carbonyl (C=O) groups is 1. The van der Waals surface area contributed by atoms with E-state index in [9.17, 15) is 4.79 Å². The minimum absolute atomic E-state index is 0.0529. The predicted octanol–water partition coefficient (Wildman–Crippen LogP) is 0.756. The first-order chi connectivity index (χ1) is 8.17. The van der Waals surface area contributed by atoms with E-state index in [2.05, 4.69) is 20.0 Å². The summed E-state index contributed by atoms with van der Waals surface area (Å²) in [5.41, 5.74) is 0.699. The van der Waals surface area contributed by atoms with Crippen molar-refractivity contribution in [2.45, 2.75) is 19.8 Å². The minimum atomic E-state index is -0.549. The Labute approximate surface area is 100 Å². The number of esters is 1. The number of hydrogen-bond acceptors (Lipinski definition) is 6. The van der Waals surface area contributed by atoms with Gasteiger partial charge in [0, 0.05) is 24.9 Å². The topological polar surface area (TPSA) is 84.3 Å². The first-order valence-corrected chi connectivity index (χ1v) is 5.46. The summed E-state index contributed by atoms with van der Waals surface area (Å²) in [4.78, 5) is 19.3. The quantitative estimate of drug-likeness (QED) is 0.563. The van der Waals surface area contributed by atoms with E-state index in [-0.39, 0.29) is 12.4 Å². The van der Waals surface area contributed by atoms with Gasteiger partial charge >= 0.3 is 5.97 Å². The second kappa shape index (κ2) is 6.80. The molecule has 0 bridgehead atoms. The van der Waals surface area contributed by atoms with Crippen molar-refractivity contribution < 1.29 is 14.6 Å². The Kier molecular flexibility index (Phi) is 5.35. The number of aliphatic hydroxyl groups is 1. The van der Waals surface area contributed by atoms with Crippen molar-refractivity contribution in [1.82, 2.24) is 9.97 Å². The number of aryl methyl sites for hydroxylation is 1. The number of hydrogen-bond donors (Lipinski definition) is 2. The smallest absolute Gasteiger partial charge is 0.376 e. The van der Waals surface area contributed by atoms with Crippen LogP contribution >= 0.6 is 0 Å². The van der Waals surface area contributed by atoms with E-state index in [0.29, 0.717) is 18.1 Å². The zero-order valence-corrected chi connectivity index (χ0v) is 10.1. The van der Waals surface area contributed by atoms with Crippen molar-refractivity contribution >= 4 is 11.8 Å². The molecule has 6 heteroatoms. The Bertz CT molecular complexity index is 382. The fourth-order valence-corrected chi connectivity index (χ4v) is 1.29. The van der Waals surface area contributed by atoms with Crippen LogP contribution in [0.15, 0.2) is 6.07 Å². The number of aliphatic hydroxyl groups excluding tert-OH is 1. The van der Waals surface area contributed by atoms with Crippen molar-refractivity contribution in [2.24, 2.45) is 0 Å². The summed E-state index contributed by atoms with van der Waals surface area (Å²) in [7, 11) is 1.29. The van der Waals surface area contributed by atoms with E-state index in [1.165, 1.54) is 7.11 Å². The number of rotatable bonds is 6. The predicted molar refractivity (Wildman–Crippen MR) is 62.9 cm³/mol. The SMILES string of the molecule is COC(=O)c1nc(C)cc(NCCCCO)n1. The fourth-order valence-electron chi connectivity index (χ4n) is 1.29. The van der Waals surface area contributed by atoms with Crippen molar-refractivity contribution in [3.63, 3.8) is 0 Å². The molecule has 2 N–H and O–H groups in total. The molecular weight excluding hydrogens is 222 g/mol. The van der Waals surface area contributed by atoms with Gasteiger partial charge in [0.2, 0.25) is 5.82 Å². The molecule has 0 aliphatic carbocycles. The lowest BCUT2D eigenvalue weighted by atomic mass is 10.3. The maximum Gasteiger partial charge on any atom is 0.376 e. The number of aromatic nitrogens is 2. The Morgan fingerprint density at radius 3 is 2.88 bits per heavy atom. The fraction of sp³-hybridized carbons (Fsp3) is 0.545. The highest BCUT2D eigenvalue weighted by Gasteiger charge is 2.10. The van der Waals surface area contributed by atoms with E-state index < -0.39 is 5.97 Å². The molecule has 0 spiro atoms. The molecule has 0 aliphatic rings. The molecule has 1 heterocycles. The molecule has 0 saturated carbocycles. The van der Waals surface area contributed by atoms with E-state index in [1.54, 1.807) is 13.0 Å². The molecule has 0 fully saturated rings. The highest BCUT2D eigenvalue weighted by molar-refractivity contribution is 5.85. The van der Waals surface area contributed by atoms with Crippen molar-refractivity contribution in [3.8, 4) is 0 Å². The van der Waals surface area contributed by atoms with Gasteiger partial charge in [0.05, 0.1) is 7.11 Å². The number of nitrogens with one attached hydrogen (secondary N) is 1. The van der Waals surface area contributed by atoms with Crippen LogP contribution in [0.2, 0.25) is 0 Å². The molecule has 1 aromatic heterocycles. The average molecular weight is 239 g/mol. The van der Waals surface area contributed by atoms with E-state index >= 15 is 0 Å². The van der Waals surface area contributed by atoms with Crippen LogP contribution in [0, 0.1) is 6.92 Å². The highest BCUT2D eigenvalue weighted by atomic mass is 16.5. The van der Waals surface area contributed by atoms with Gasteiger partial charge in [-0.05, 0) is 19.8 Å². The van der Waals surface area contributed by atoms with Gasteiger partial charge in [-0.2, -0.15) is 0 Å². The van der Waals surface area contributed by atoms with Gasteiger partial charge < -0.3 is 15.2 Å². The molecule has 1 aromatic rings. The number of unbranched alkanes of at least 4 members (excludes halogenated alkanes) is 1. The van der Waals surface area contributed by atoms with Gasteiger partial charge in [0.15, 0.2) is 0 Å². The van der Waals surface area contributed by atoms with Crippen LogP contribution < -0.4 is 5.32 Å². The summed E-state index contributed by atoms with van der Waals surface area (Å²) in [5.74, 6) is 0.0973. The molecular formula is C11H17N3O3. The van der Waals surface area contributed by atoms with Gasteiger partial charge in [0.25, 0.3) is 0 Å². The van der Waals surface area contributed by atoms with E-state index in [1.807, 2.05) is 0 Å². The third-order valence-electron chi connectivity index (χ3n) is 2.11. The number of nitrogens with zero attached hydrogens (tertiary/aromatic N) is 2. The summed E-state index contributed by atoms with van der Waals surface area (Å²) in [6.07, 6.45) is 1.58. The normalized spacial score (nSPS) is 10.1. The number of methoxy groups -OCH3 is 1. The molecule has 0 aliphatic heterocycles. The number of anilines is 1. The summed E-state index contributed by atoms with van der Waals surface area (Å²) >= 11 is 0. The van der Waals surface area contributed by atoms with Crippen molar-refractivity contribution in [2.75, 3.05) is 25.6 Å². The third-order valence-corrected chi connectivity index (χ3v) is 2.11. The van der Waals surface area contributed by atoms with Crippen LogP contribution in [-0.4, -0.2) is 41.3 Å². The molecule has 6 nitrogen and oxygen atoms in total. The number of ether oxygens (including phenoxy) is 1. The summed E-state index contributed by atoms with van der Waals surface area (Å²) in [6, 6.07) is 1.76. The monoisotopic (exact) mass is 239 g/mol. The second-order valence-corrected chi connectivity index (χ2v) is 3.57. The molecule has 0 atom stereocenters. The Balaban J connectivity index is 2.65. The maximum absolute atomic E-state index is 11.3. The molecule has 0 radical (unpaired) electrons. The van der Waals surface area contributed by atoms with Crippen LogP contribution in [-0.2, 0) is 4.74 Å². The van der Waals surface area contributed by atoms with Crippen molar-refractivity contribution in [1.29, 1.82) is 0 Å². The van der Waals surface area contributed by atoms with Gasteiger partial charge in [-0.3, -0.25) is 0 Å². The zero-order chi connectivity index (χ0) is 12.7. The average Bonchev–Trinajstić information content (AvgIpc) is 2.33. The molecule has 1 rings (SSSR count). The van der Waals surface area contributed by atoms with E-state index in [4.69, 9.17) is 5.11 Å². The first kappa shape index (κ1) is 13.4. The summed E-state index contributed by atoms with van der Waals surface area (Å²) in [6.45, 7) is 2.66. The second-order valence-electron chi connectivity index (χ2n) is 3.57. The standard InChI is InChI=1S/C11H17N3O3/c1-8-7-9(12-5-3-4-6-15)14-10(13-8)11(16)17-2/h7,15H,3-6H2,1-2H3,(H,12,13,14). The maximum atomic E-state index is 11.3. The molecule has 0 unspecified atom stereocenters. The van der Waals surface area contributed by atoms with Gasteiger partial charge in [-0.1, -0.05) is 0 Å². The molecule has 94 valence electrons. The van der Waals surface area contributed by atoms with Gasteiger partial charge in [-0.25, -0.2) is 14.8 Å². The lowest BCUT2D eigenvalue weighted by Crippen LogP contribution is -2.12. The van der Waals surface area contributed by atoms with Gasteiger partial charge in [0.1, 0.15) is 5.82 Å². The van der Waals surface area contributed by atoms with Crippen LogP contribution in [0.4, 0.5) is 5.82 Å². The zero-order valence-electron chi connectivity index (χ0n) is 10.1. The van der Waals surface area contributed by atoms with Crippen LogP contribution in [0.5, 0.6) is 0 Å². The third kappa shape index (κ3) is 4.36. The van der Waals surface area contributed by atoms with Crippen LogP contribution in [0.25, 0.3) is 0 Å². The van der Waals surface area contributed by atoms with Crippen LogP contribution in [0.1, 0.15) is 29.2 Å². The minimum Gasteiger partial charge on any atom is -0.463 e.